The summed E-state index contributed by atoms with van der Waals surface area (Å²) < 4.78 is 10.5. The lowest BCUT2D eigenvalue weighted by atomic mass is 10.4. The molecule has 0 atom stereocenters. The fraction of sp³-hybridized carbons (Fsp3) is 0.273. The fourth-order valence-electron chi connectivity index (χ4n) is 1.39. The van der Waals surface area contributed by atoms with Crippen LogP contribution >= 0.6 is 0 Å². The Balaban J connectivity index is 1.88. The van der Waals surface area contributed by atoms with Crippen LogP contribution in [-0.2, 0) is 13.1 Å². The molecule has 0 amide bonds. The van der Waals surface area contributed by atoms with Gasteiger partial charge in [0.2, 0.25) is 0 Å². The highest BCUT2D eigenvalue weighted by molar-refractivity contribution is 5.00. The first-order valence-corrected chi connectivity index (χ1v) is 4.58. The smallest absolute Gasteiger partial charge is 0.117 e. The molecule has 0 aromatic carbocycles. The standard InChI is InChI=1S/C11H13NO2/c1-12(8-10-4-2-6-13-10)9-11-5-3-7-14-11/h2-7H,8-9H2,1H3. The third-order valence-corrected chi connectivity index (χ3v) is 2.01. The summed E-state index contributed by atoms with van der Waals surface area (Å²) in [5.74, 6) is 1.94. The van der Waals surface area contributed by atoms with Gasteiger partial charge in [-0.1, -0.05) is 0 Å². The van der Waals surface area contributed by atoms with Gasteiger partial charge in [-0.25, -0.2) is 0 Å². The molecule has 2 rings (SSSR count). The number of furan rings is 2. The van der Waals surface area contributed by atoms with E-state index in [2.05, 4.69) is 4.90 Å². The van der Waals surface area contributed by atoms with Crippen LogP contribution in [-0.4, -0.2) is 11.9 Å². The molecule has 0 saturated heterocycles. The van der Waals surface area contributed by atoms with E-state index < -0.39 is 0 Å². The molecule has 0 aliphatic carbocycles. The van der Waals surface area contributed by atoms with Crippen molar-refractivity contribution in [2.75, 3.05) is 7.05 Å². The third-order valence-electron chi connectivity index (χ3n) is 2.01. The van der Waals surface area contributed by atoms with Crippen molar-refractivity contribution in [3.63, 3.8) is 0 Å². The minimum atomic E-state index is 0.799. The second-order valence-electron chi connectivity index (χ2n) is 3.33. The molecule has 2 aromatic heterocycles. The lowest BCUT2D eigenvalue weighted by Crippen LogP contribution is -2.16. The Hall–Kier alpha value is -1.48. The van der Waals surface area contributed by atoms with E-state index in [0.29, 0.717) is 0 Å². The molecule has 0 fully saturated rings. The van der Waals surface area contributed by atoms with Crippen molar-refractivity contribution >= 4 is 0 Å². The fourth-order valence-corrected chi connectivity index (χ4v) is 1.39. The largest absolute Gasteiger partial charge is 0.468 e. The van der Waals surface area contributed by atoms with E-state index in [4.69, 9.17) is 8.83 Å². The van der Waals surface area contributed by atoms with Crippen molar-refractivity contribution in [2.24, 2.45) is 0 Å². The van der Waals surface area contributed by atoms with Gasteiger partial charge in [0.1, 0.15) is 11.5 Å². The summed E-state index contributed by atoms with van der Waals surface area (Å²) in [5.41, 5.74) is 0. The van der Waals surface area contributed by atoms with E-state index in [0.717, 1.165) is 24.6 Å². The summed E-state index contributed by atoms with van der Waals surface area (Å²) in [7, 11) is 2.03. The van der Waals surface area contributed by atoms with Gasteiger partial charge >= 0.3 is 0 Å². The van der Waals surface area contributed by atoms with Crippen LogP contribution in [0.15, 0.2) is 45.6 Å². The van der Waals surface area contributed by atoms with Gasteiger partial charge in [0.05, 0.1) is 25.6 Å². The first-order chi connectivity index (χ1) is 6.84. The second-order valence-corrected chi connectivity index (χ2v) is 3.33. The number of hydrogen-bond donors (Lipinski definition) is 0. The maximum absolute atomic E-state index is 5.25. The predicted octanol–water partition coefficient (Wildman–Crippen LogP) is 2.50. The third kappa shape index (κ3) is 2.26. The average Bonchev–Trinajstić information content (AvgIpc) is 2.76. The number of hydrogen-bond acceptors (Lipinski definition) is 3. The molecule has 2 heterocycles. The van der Waals surface area contributed by atoms with E-state index in [1.54, 1.807) is 12.5 Å². The number of rotatable bonds is 4. The number of nitrogens with zero attached hydrogens (tertiary/aromatic N) is 1. The van der Waals surface area contributed by atoms with Crippen molar-refractivity contribution in [1.29, 1.82) is 0 Å². The van der Waals surface area contributed by atoms with Crippen molar-refractivity contribution in [1.82, 2.24) is 4.90 Å². The normalized spacial score (nSPS) is 11.0. The van der Waals surface area contributed by atoms with Crippen molar-refractivity contribution in [2.45, 2.75) is 13.1 Å². The Bertz CT molecular complexity index is 314. The molecule has 3 nitrogen and oxygen atoms in total. The van der Waals surface area contributed by atoms with Crippen LogP contribution < -0.4 is 0 Å². The summed E-state index contributed by atoms with van der Waals surface area (Å²) in [6.45, 7) is 1.60. The minimum Gasteiger partial charge on any atom is -0.468 e. The van der Waals surface area contributed by atoms with Crippen LogP contribution in [0.1, 0.15) is 11.5 Å². The van der Waals surface area contributed by atoms with E-state index in [1.165, 1.54) is 0 Å². The van der Waals surface area contributed by atoms with Crippen LogP contribution in [0.4, 0.5) is 0 Å². The van der Waals surface area contributed by atoms with Gasteiger partial charge in [-0.15, -0.1) is 0 Å². The highest BCUT2D eigenvalue weighted by atomic mass is 16.3. The molecule has 0 aliphatic heterocycles. The molecular formula is C11H13NO2. The molecule has 0 spiro atoms. The first kappa shape index (κ1) is 9.09. The van der Waals surface area contributed by atoms with Crippen LogP contribution in [0.5, 0.6) is 0 Å². The van der Waals surface area contributed by atoms with Gasteiger partial charge < -0.3 is 8.83 Å². The Morgan fingerprint density at radius 1 is 1.00 bits per heavy atom. The highest BCUT2D eigenvalue weighted by Gasteiger charge is 2.04. The molecule has 14 heavy (non-hydrogen) atoms. The zero-order chi connectivity index (χ0) is 9.80. The van der Waals surface area contributed by atoms with Gasteiger partial charge in [0.15, 0.2) is 0 Å². The SMILES string of the molecule is CN(Cc1ccco1)Cc1ccco1. The maximum Gasteiger partial charge on any atom is 0.117 e. The molecular weight excluding hydrogens is 178 g/mol. The van der Waals surface area contributed by atoms with Crippen LogP contribution in [0.3, 0.4) is 0 Å². The maximum atomic E-state index is 5.25. The summed E-state index contributed by atoms with van der Waals surface area (Å²) in [6.07, 6.45) is 3.38. The Labute approximate surface area is 82.9 Å². The Morgan fingerprint density at radius 2 is 1.50 bits per heavy atom. The van der Waals surface area contributed by atoms with Crippen LogP contribution in [0.2, 0.25) is 0 Å². The lowest BCUT2D eigenvalue weighted by molar-refractivity contribution is 0.264. The molecule has 0 radical (unpaired) electrons. The van der Waals surface area contributed by atoms with E-state index in [1.807, 2.05) is 31.3 Å². The minimum absolute atomic E-state index is 0.799. The molecule has 2 aromatic rings. The molecule has 0 aliphatic rings. The summed E-state index contributed by atoms with van der Waals surface area (Å²) in [5, 5.41) is 0. The average molecular weight is 191 g/mol. The molecule has 3 heteroatoms. The van der Waals surface area contributed by atoms with E-state index >= 15 is 0 Å². The molecule has 0 saturated carbocycles. The second kappa shape index (κ2) is 4.15. The van der Waals surface area contributed by atoms with E-state index in [9.17, 15) is 0 Å². The topological polar surface area (TPSA) is 29.5 Å². The molecule has 0 unspecified atom stereocenters. The van der Waals surface area contributed by atoms with Crippen molar-refractivity contribution < 1.29 is 8.83 Å². The van der Waals surface area contributed by atoms with Gasteiger partial charge in [-0.05, 0) is 31.3 Å². The Kier molecular flexibility index (Phi) is 2.70. The van der Waals surface area contributed by atoms with Crippen LogP contribution in [0.25, 0.3) is 0 Å². The van der Waals surface area contributed by atoms with Gasteiger partial charge in [-0.3, -0.25) is 4.90 Å². The highest BCUT2D eigenvalue weighted by Crippen LogP contribution is 2.08. The quantitative estimate of drug-likeness (QED) is 0.743. The molecule has 74 valence electrons. The molecule has 0 bridgehead atoms. The zero-order valence-electron chi connectivity index (χ0n) is 8.14. The predicted molar refractivity (Wildman–Crippen MR) is 52.6 cm³/mol. The summed E-state index contributed by atoms with van der Waals surface area (Å²) in [6, 6.07) is 7.74. The lowest BCUT2D eigenvalue weighted by Gasteiger charge is -2.12. The van der Waals surface area contributed by atoms with E-state index in [-0.39, 0.29) is 0 Å². The first-order valence-electron chi connectivity index (χ1n) is 4.58. The summed E-state index contributed by atoms with van der Waals surface area (Å²) in [4.78, 5) is 2.14. The monoisotopic (exact) mass is 191 g/mol. The van der Waals surface area contributed by atoms with Crippen molar-refractivity contribution in [3.8, 4) is 0 Å². The van der Waals surface area contributed by atoms with Crippen molar-refractivity contribution in [3.05, 3.63) is 48.3 Å². The zero-order valence-corrected chi connectivity index (χ0v) is 8.14. The Morgan fingerprint density at radius 3 is 1.86 bits per heavy atom. The van der Waals surface area contributed by atoms with Gasteiger partial charge in [0, 0.05) is 0 Å². The summed E-state index contributed by atoms with van der Waals surface area (Å²) >= 11 is 0. The van der Waals surface area contributed by atoms with Gasteiger partial charge in [0.25, 0.3) is 0 Å². The van der Waals surface area contributed by atoms with Crippen LogP contribution in [0, 0.1) is 0 Å². The van der Waals surface area contributed by atoms with Gasteiger partial charge in [-0.2, -0.15) is 0 Å². The molecule has 0 N–H and O–H groups in total.